The van der Waals surface area contributed by atoms with E-state index in [9.17, 15) is 13.5 Å². The van der Waals surface area contributed by atoms with Crippen LogP contribution in [0.1, 0.15) is 36.4 Å². The Labute approximate surface area is 170 Å². The summed E-state index contributed by atoms with van der Waals surface area (Å²) in [6.45, 7) is 4.93. The molecule has 2 aromatic rings. The number of aromatic nitrogens is 2. The minimum atomic E-state index is -3.38. The van der Waals surface area contributed by atoms with Crippen LogP contribution in [0.2, 0.25) is 0 Å². The number of nitrogens with zero attached hydrogens (tertiary/aromatic N) is 3. The Morgan fingerprint density at radius 2 is 2.14 bits per heavy atom. The molecule has 3 heterocycles. The fourth-order valence-corrected chi connectivity index (χ4v) is 5.48. The number of piperidine rings is 1. The van der Waals surface area contributed by atoms with E-state index in [2.05, 4.69) is 9.88 Å². The molecule has 0 saturated carbocycles. The molecule has 1 fully saturated rings. The van der Waals surface area contributed by atoms with Crippen LogP contribution in [0, 0.1) is 5.92 Å². The molecular weight excluding hydrogens is 398 g/mol. The third-order valence-electron chi connectivity index (χ3n) is 5.38. The minimum Gasteiger partial charge on any atom is -0.387 e. The molecule has 3 rings (SSSR count). The molecule has 0 unspecified atom stereocenters. The second kappa shape index (κ2) is 9.49. The first-order valence-corrected chi connectivity index (χ1v) is 12.2. The van der Waals surface area contributed by atoms with Gasteiger partial charge in [-0.1, -0.05) is 13.0 Å². The molecule has 1 saturated heterocycles. The average molecular weight is 428 g/mol. The van der Waals surface area contributed by atoms with E-state index in [1.54, 1.807) is 36.1 Å². The van der Waals surface area contributed by atoms with Crippen LogP contribution in [0.15, 0.2) is 28.9 Å². The van der Waals surface area contributed by atoms with Crippen LogP contribution in [0.5, 0.6) is 0 Å². The van der Waals surface area contributed by atoms with Gasteiger partial charge in [-0.2, -0.15) is 0 Å². The summed E-state index contributed by atoms with van der Waals surface area (Å²) in [5.74, 6) is 0.298. The Morgan fingerprint density at radius 3 is 2.75 bits per heavy atom. The zero-order valence-electron chi connectivity index (χ0n) is 16.5. The van der Waals surface area contributed by atoms with Gasteiger partial charge >= 0.3 is 0 Å². The van der Waals surface area contributed by atoms with Crippen molar-refractivity contribution in [1.29, 1.82) is 0 Å². The van der Waals surface area contributed by atoms with Gasteiger partial charge in [-0.15, -0.1) is 11.3 Å². The summed E-state index contributed by atoms with van der Waals surface area (Å²) in [6.07, 6.45) is 3.12. The highest BCUT2D eigenvalue weighted by Crippen LogP contribution is 2.33. The first-order valence-electron chi connectivity index (χ1n) is 9.66. The van der Waals surface area contributed by atoms with Gasteiger partial charge in [0.1, 0.15) is 0 Å². The van der Waals surface area contributed by atoms with Gasteiger partial charge in [0, 0.05) is 25.1 Å². The Bertz CT molecular complexity index is 841. The summed E-state index contributed by atoms with van der Waals surface area (Å²) in [5.41, 5.74) is 0.890. The van der Waals surface area contributed by atoms with E-state index in [0.29, 0.717) is 19.7 Å². The lowest BCUT2D eigenvalue weighted by atomic mass is 9.90. The lowest BCUT2D eigenvalue weighted by molar-refractivity contribution is 0.0582. The molecule has 1 N–H and O–H groups in total. The third kappa shape index (κ3) is 4.83. The smallest absolute Gasteiger partial charge is 0.227 e. The Morgan fingerprint density at radius 1 is 1.39 bits per heavy atom. The second-order valence-corrected chi connectivity index (χ2v) is 10.3. The van der Waals surface area contributed by atoms with Crippen LogP contribution in [-0.4, -0.2) is 60.5 Å². The molecule has 0 spiro atoms. The quantitative estimate of drug-likeness (QED) is 0.661. The van der Waals surface area contributed by atoms with Crippen LogP contribution in [-0.2, 0) is 27.7 Å². The maximum Gasteiger partial charge on any atom is 0.227 e. The van der Waals surface area contributed by atoms with E-state index in [1.807, 2.05) is 17.5 Å². The van der Waals surface area contributed by atoms with Crippen molar-refractivity contribution >= 4 is 21.2 Å². The van der Waals surface area contributed by atoms with Gasteiger partial charge in [0.15, 0.2) is 0 Å². The van der Waals surface area contributed by atoms with Gasteiger partial charge < -0.3 is 14.4 Å². The molecule has 0 radical (unpaired) electrons. The van der Waals surface area contributed by atoms with E-state index in [-0.39, 0.29) is 16.8 Å². The number of rotatable bonds is 9. The molecule has 156 valence electrons. The summed E-state index contributed by atoms with van der Waals surface area (Å²) in [6, 6.07) is 3.97. The van der Waals surface area contributed by atoms with Crippen molar-refractivity contribution in [3.63, 3.8) is 0 Å². The van der Waals surface area contributed by atoms with Gasteiger partial charge in [-0.25, -0.2) is 13.4 Å². The summed E-state index contributed by atoms with van der Waals surface area (Å²) in [4.78, 5) is 7.55. The number of ether oxygens (including phenoxy) is 1. The van der Waals surface area contributed by atoms with Gasteiger partial charge in [-0.05, 0) is 43.3 Å². The van der Waals surface area contributed by atoms with Crippen LogP contribution in [0.3, 0.4) is 0 Å². The average Bonchev–Trinajstić information content (AvgIpc) is 3.37. The molecule has 1 aliphatic heterocycles. The van der Waals surface area contributed by atoms with Crippen LogP contribution in [0.25, 0.3) is 0 Å². The molecule has 7 nitrogen and oxygen atoms in total. The number of hydrogen-bond acceptors (Lipinski definition) is 7. The topological polar surface area (TPSA) is 84.7 Å². The van der Waals surface area contributed by atoms with E-state index >= 15 is 0 Å². The van der Waals surface area contributed by atoms with Crippen molar-refractivity contribution in [3.05, 3.63) is 34.3 Å². The standard InChI is InChI=1S/C19H29N3O4S2/c1-3-28(24,25)19-20-13-16(22(19)10-11-26-2)14-21-8-6-15(7-9-21)18(23)17-5-4-12-27-17/h4-5,12-13,15,18,23H,3,6-11,14H2,1-2H3/t18-/m0/s1. The molecule has 9 heteroatoms. The van der Waals surface area contributed by atoms with Gasteiger partial charge in [-0.3, -0.25) is 4.90 Å². The Kier molecular flexibility index (Phi) is 7.27. The highest BCUT2D eigenvalue weighted by atomic mass is 32.2. The van der Waals surface area contributed by atoms with Crippen molar-refractivity contribution < 1.29 is 18.3 Å². The largest absolute Gasteiger partial charge is 0.387 e. The zero-order chi connectivity index (χ0) is 20.1. The molecule has 1 aliphatic rings. The summed E-state index contributed by atoms with van der Waals surface area (Å²) in [5, 5.41) is 12.7. The maximum absolute atomic E-state index is 12.4. The van der Waals surface area contributed by atoms with Crippen molar-refractivity contribution in [1.82, 2.24) is 14.5 Å². The maximum atomic E-state index is 12.4. The highest BCUT2D eigenvalue weighted by Gasteiger charge is 2.28. The van der Waals surface area contributed by atoms with Gasteiger partial charge in [0.05, 0.1) is 30.4 Å². The van der Waals surface area contributed by atoms with E-state index in [1.165, 1.54) is 0 Å². The molecular formula is C19H29N3O4S2. The zero-order valence-corrected chi connectivity index (χ0v) is 18.1. The molecule has 1 atom stereocenters. The summed E-state index contributed by atoms with van der Waals surface area (Å²) >= 11 is 1.60. The second-order valence-electron chi connectivity index (χ2n) is 7.15. The lowest BCUT2D eigenvalue weighted by Gasteiger charge is -2.34. The van der Waals surface area contributed by atoms with Crippen LogP contribution in [0.4, 0.5) is 0 Å². The summed E-state index contributed by atoms with van der Waals surface area (Å²) in [7, 11) is -1.77. The first kappa shape index (κ1) is 21.4. The SMILES string of the molecule is CCS(=O)(=O)c1ncc(CN2CCC([C@H](O)c3cccs3)CC2)n1CCOC. The number of sulfone groups is 1. The molecule has 28 heavy (non-hydrogen) atoms. The molecule has 0 amide bonds. The fraction of sp³-hybridized carbons (Fsp3) is 0.632. The van der Waals surface area contributed by atoms with Crippen molar-refractivity contribution in [2.75, 3.05) is 32.6 Å². The van der Waals surface area contributed by atoms with Crippen LogP contribution < -0.4 is 0 Å². The first-order chi connectivity index (χ1) is 13.5. The highest BCUT2D eigenvalue weighted by molar-refractivity contribution is 7.91. The predicted octanol–water partition coefficient (Wildman–Crippen LogP) is 2.33. The van der Waals surface area contributed by atoms with Crippen molar-refractivity contribution in [2.24, 2.45) is 5.92 Å². The van der Waals surface area contributed by atoms with Crippen LogP contribution >= 0.6 is 11.3 Å². The lowest BCUT2D eigenvalue weighted by Crippen LogP contribution is -2.35. The van der Waals surface area contributed by atoms with E-state index in [4.69, 9.17) is 4.74 Å². The number of thiophene rings is 1. The normalized spacial score (nSPS) is 17.8. The molecule has 0 aliphatic carbocycles. The predicted molar refractivity (Wildman–Crippen MR) is 109 cm³/mol. The molecule has 0 bridgehead atoms. The third-order valence-corrected chi connectivity index (χ3v) is 7.96. The molecule has 0 aromatic carbocycles. The number of imidazole rings is 1. The summed E-state index contributed by atoms with van der Waals surface area (Å²) < 4.78 is 31.6. The van der Waals surface area contributed by atoms with E-state index in [0.717, 1.165) is 36.5 Å². The number of aliphatic hydroxyl groups is 1. The van der Waals surface area contributed by atoms with Crippen molar-refractivity contribution in [3.8, 4) is 0 Å². The molecule has 2 aromatic heterocycles. The number of methoxy groups -OCH3 is 1. The van der Waals surface area contributed by atoms with Crippen molar-refractivity contribution in [2.45, 2.75) is 44.1 Å². The monoisotopic (exact) mass is 427 g/mol. The minimum absolute atomic E-state index is 0.0302. The van der Waals surface area contributed by atoms with Gasteiger partial charge in [0.25, 0.3) is 0 Å². The number of hydrogen-bond donors (Lipinski definition) is 1. The Balaban J connectivity index is 1.66. The Hall–Kier alpha value is -1.26. The number of aliphatic hydroxyl groups excluding tert-OH is 1. The van der Waals surface area contributed by atoms with E-state index < -0.39 is 15.9 Å². The number of likely N-dealkylation sites (tertiary alicyclic amines) is 1. The van der Waals surface area contributed by atoms with Gasteiger partial charge in [0.2, 0.25) is 15.0 Å². The fourth-order valence-electron chi connectivity index (χ4n) is 3.67.